The summed E-state index contributed by atoms with van der Waals surface area (Å²) in [5.41, 5.74) is 0.921. The van der Waals surface area contributed by atoms with Gasteiger partial charge < -0.3 is 10.1 Å². The highest BCUT2D eigenvalue weighted by Crippen LogP contribution is 2.44. The SMILES string of the molecule is Cl.FC(F)Oc1ccccc1[C@@H](C1CCC1)N1CCNCC1. The molecule has 1 heterocycles. The van der Waals surface area contributed by atoms with Gasteiger partial charge in [0.05, 0.1) is 0 Å². The lowest BCUT2D eigenvalue weighted by Crippen LogP contribution is -2.48. The second kappa shape index (κ2) is 8.09. The van der Waals surface area contributed by atoms with E-state index in [0.717, 1.165) is 31.7 Å². The molecule has 1 aromatic carbocycles. The van der Waals surface area contributed by atoms with Crippen LogP contribution >= 0.6 is 12.4 Å². The molecule has 3 nitrogen and oxygen atoms in total. The van der Waals surface area contributed by atoms with Gasteiger partial charge in [0.25, 0.3) is 0 Å². The van der Waals surface area contributed by atoms with Crippen LogP contribution in [-0.4, -0.2) is 37.7 Å². The third-order valence-electron chi connectivity index (χ3n) is 4.60. The molecule has 0 bridgehead atoms. The first-order chi connectivity index (χ1) is 10.3. The predicted molar refractivity (Wildman–Crippen MR) is 84.8 cm³/mol. The second-order valence-electron chi connectivity index (χ2n) is 5.84. The van der Waals surface area contributed by atoms with Gasteiger partial charge in [0.15, 0.2) is 0 Å². The third-order valence-corrected chi connectivity index (χ3v) is 4.60. The zero-order valence-corrected chi connectivity index (χ0v) is 13.3. The molecule has 0 aromatic heterocycles. The zero-order valence-electron chi connectivity index (χ0n) is 12.5. The fraction of sp³-hybridized carbons (Fsp3) is 0.625. The molecule has 2 fully saturated rings. The van der Waals surface area contributed by atoms with E-state index >= 15 is 0 Å². The summed E-state index contributed by atoms with van der Waals surface area (Å²) < 4.78 is 30.1. The number of halogens is 3. The third kappa shape index (κ3) is 3.89. The molecule has 1 saturated carbocycles. The Labute approximate surface area is 136 Å². The molecule has 1 aliphatic carbocycles. The van der Waals surface area contributed by atoms with E-state index in [1.807, 2.05) is 12.1 Å². The Balaban J connectivity index is 0.00000176. The largest absolute Gasteiger partial charge is 0.434 e. The Hall–Kier alpha value is -0.910. The Kier molecular flexibility index (Phi) is 6.41. The van der Waals surface area contributed by atoms with Crippen LogP contribution in [0.2, 0.25) is 0 Å². The van der Waals surface area contributed by atoms with Crippen molar-refractivity contribution in [3.63, 3.8) is 0 Å². The molecule has 0 amide bonds. The second-order valence-corrected chi connectivity index (χ2v) is 5.84. The van der Waals surface area contributed by atoms with Crippen LogP contribution in [0.15, 0.2) is 24.3 Å². The van der Waals surface area contributed by atoms with Gasteiger partial charge in [-0.2, -0.15) is 8.78 Å². The molecule has 0 unspecified atom stereocenters. The molecule has 6 heteroatoms. The number of ether oxygens (including phenoxy) is 1. The molecule has 22 heavy (non-hydrogen) atoms. The first-order valence-electron chi connectivity index (χ1n) is 7.74. The minimum Gasteiger partial charge on any atom is -0.434 e. The van der Waals surface area contributed by atoms with Crippen molar-refractivity contribution in [1.82, 2.24) is 10.2 Å². The maximum Gasteiger partial charge on any atom is 0.387 e. The molecule has 1 aromatic rings. The number of nitrogens with zero attached hydrogens (tertiary/aromatic N) is 1. The maximum absolute atomic E-state index is 12.7. The van der Waals surface area contributed by atoms with Gasteiger partial charge in [0.1, 0.15) is 5.75 Å². The lowest BCUT2D eigenvalue weighted by Gasteiger charge is -2.43. The van der Waals surface area contributed by atoms with Crippen molar-refractivity contribution in [3.8, 4) is 5.75 Å². The molecule has 1 saturated heterocycles. The van der Waals surface area contributed by atoms with Gasteiger partial charge in [-0.1, -0.05) is 24.6 Å². The van der Waals surface area contributed by atoms with Crippen molar-refractivity contribution < 1.29 is 13.5 Å². The van der Waals surface area contributed by atoms with Crippen LogP contribution in [0, 0.1) is 5.92 Å². The molecule has 1 N–H and O–H groups in total. The van der Waals surface area contributed by atoms with Gasteiger partial charge in [-0.05, 0) is 24.8 Å². The van der Waals surface area contributed by atoms with Crippen LogP contribution in [0.25, 0.3) is 0 Å². The number of nitrogens with one attached hydrogen (secondary N) is 1. The van der Waals surface area contributed by atoms with Gasteiger partial charge in [0.2, 0.25) is 0 Å². The standard InChI is InChI=1S/C16H22F2N2O.ClH/c17-16(18)21-14-7-2-1-6-13(14)15(12-4-3-5-12)20-10-8-19-9-11-20;/h1-2,6-7,12,15-16,19H,3-5,8-11H2;1H/t15-;/m1./s1. The first kappa shape index (κ1) is 17.4. The van der Waals surface area contributed by atoms with E-state index in [1.165, 1.54) is 19.3 Å². The van der Waals surface area contributed by atoms with E-state index in [0.29, 0.717) is 11.7 Å². The minimum atomic E-state index is -2.77. The van der Waals surface area contributed by atoms with Gasteiger partial charge in [-0.15, -0.1) is 12.4 Å². The number of rotatable bonds is 5. The van der Waals surface area contributed by atoms with Gasteiger partial charge >= 0.3 is 6.61 Å². The summed E-state index contributed by atoms with van der Waals surface area (Å²) in [5.74, 6) is 0.897. The molecule has 2 aliphatic rings. The van der Waals surface area contributed by atoms with E-state index in [4.69, 9.17) is 4.74 Å². The predicted octanol–water partition coefficient (Wildman–Crippen LogP) is 3.46. The number of para-hydroxylation sites is 1. The van der Waals surface area contributed by atoms with E-state index in [-0.39, 0.29) is 18.4 Å². The van der Waals surface area contributed by atoms with Gasteiger partial charge in [-0.3, -0.25) is 4.90 Å². The molecule has 3 rings (SSSR count). The summed E-state index contributed by atoms with van der Waals surface area (Å²) in [6, 6.07) is 7.49. The fourth-order valence-corrected chi connectivity index (χ4v) is 3.39. The van der Waals surface area contributed by atoms with Crippen molar-refractivity contribution in [1.29, 1.82) is 0 Å². The van der Waals surface area contributed by atoms with E-state index in [1.54, 1.807) is 12.1 Å². The summed E-state index contributed by atoms with van der Waals surface area (Å²) in [4.78, 5) is 2.42. The topological polar surface area (TPSA) is 24.5 Å². The fourth-order valence-electron chi connectivity index (χ4n) is 3.39. The Morgan fingerprint density at radius 3 is 2.41 bits per heavy atom. The van der Waals surface area contributed by atoms with E-state index in [2.05, 4.69) is 10.2 Å². The van der Waals surface area contributed by atoms with Crippen LogP contribution in [0.3, 0.4) is 0 Å². The summed E-state index contributed by atoms with van der Waals surface area (Å²) in [6.07, 6.45) is 3.60. The first-order valence-corrected chi connectivity index (χ1v) is 7.74. The summed E-state index contributed by atoms with van der Waals surface area (Å²) in [5, 5.41) is 3.35. The highest BCUT2D eigenvalue weighted by Gasteiger charge is 2.35. The monoisotopic (exact) mass is 332 g/mol. The van der Waals surface area contributed by atoms with Crippen LogP contribution in [0.1, 0.15) is 30.9 Å². The number of piperazine rings is 1. The molecule has 0 radical (unpaired) electrons. The van der Waals surface area contributed by atoms with Crippen LogP contribution in [0.4, 0.5) is 8.78 Å². The highest BCUT2D eigenvalue weighted by atomic mass is 35.5. The molecule has 1 atom stereocenters. The van der Waals surface area contributed by atoms with Crippen molar-refractivity contribution in [2.24, 2.45) is 5.92 Å². The molecular weight excluding hydrogens is 310 g/mol. The average Bonchev–Trinajstić information content (AvgIpc) is 2.44. The van der Waals surface area contributed by atoms with Crippen molar-refractivity contribution >= 4 is 12.4 Å². The number of hydrogen-bond acceptors (Lipinski definition) is 3. The van der Waals surface area contributed by atoms with Crippen LogP contribution < -0.4 is 10.1 Å². The van der Waals surface area contributed by atoms with Gasteiger partial charge in [-0.25, -0.2) is 0 Å². The van der Waals surface area contributed by atoms with Crippen molar-refractivity contribution in [2.45, 2.75) is 31.9 Å². The van der Waals surface area contributed by atoms with E-state index in [9.17, 15) is 8.78 Å². The van der Waals surface area contributed by atoms with Crippen molar-refractivity contribution in [2.75, 3.05) is 26.2 Å². The number of benzene rings is 1. The summed E-state index contributed by atoms with van der Waals surface area (Å²) >= 11 is 0. The summed E-state index contributed by atoms with van der Waals surface area (Å²) in [6.45, 7) is 1.08. The van der Waals surface area contributed by atoms with Crippen molar-refractivity contribution in [3.05, 3.63) is 29.8 Å². The highest BCUT2D eigenvalue weighted by molar-refractivity contribution is 5.85. The quantitative estimate of drug-likeness (QED) is 0.893. The Morgan fingerprint density at radius 1 is 1.14 bits per heavy atom. The Morgan fingerprint density at radius 2 is 1.82 bits per heavy atom. The lowest BCUT2D eigenvalue weighted by atomic mass is 9.76. The summed E-state index contributed by atoms with van der Waals surface area (Å²) in [7, 11) is 0. The average molecular weight is 333 g/mol. The van der Waals surface area contributed by atoms with Gasteiger partial charge in [0, 0.05) is 37.8 Å². The number of hydrogen-bond donors (Lipinski definition) is 1. The normalized spacial score (nSPS) is 21.0. The smallest absolute Gasteiger partial charge is 0.387 e. The maximum atomic E-state index is 12.7. The molecular formula is C16H23ClF2N2O. The van der Waals surface area contributed by atoms with Crippen LogP contribution in [0.5, 0.6) is 5.75 Å². The molecule has 1 aliphatic heterocycles. The lowest BCUT2D eigenvalue weighted by molar-refractivity contribution is -0.0520. The molecule has 124 valence electrons. The minimum absolute atomic E-state index is 0. The molecule has 0 spiro atoms. The Bertz CT molecular complexity index is 465. The van der Waals surface area contributed by atoms with Crippen LogP contribution in [-0.2, 0) is 0 Å². The zero-order chi connectivity index (χ0) is 14.7. The number of alkyl halides is 2. The van der Waals surface area contributed by atoms with E-state index < -0.39 is 6.61 Å².